The lowest BCUT2D eigenvalue weighted by Gasteiger charge is -1.84. The van der Waals surface area contributed by atoms with Crippen LogP contribution < -0.4 is 5.73 Å². The highest BCUT2D eigenvalue weighted by Crippen LogP contribution is 1.70. The van der Waals surface area contributed by atoms with Crippen molar-refractivity contribution < 1.29 is 9.53 Å². The van der Waals surface area contributed by atoms with Crippen molar-refractivity contribution in [3.63, 3.8) is 0 Å². The fourth-order valence-corrected chi connectivity index (χ4v) is 0.204. The molecule has 0 radical (unpaired) electrons. The summed E-state index contributed by atoms with van der Waals surface area (Å²) in [5.41, 5.74) is 4.66. The van der Waals surface area contributed by atoms with Gasteiger partial charge in [0.05, 0.1) is 0 Å². The second-order valence-electron chi connectivity index (χ2n) is 1.40. The number of rotatable bonds is 3. The molecule has 0 aromatic heterocycles. The Hall–Kier alpha value is -0.410. The van der Waals surface area contributed by atoms with Crippen molar-refractivity contribution in [2.75, 3.05) is 20.3 Å². The van der Waals surface area contributed by atoms with E-state index in [1.54, 1.807) is 7.11 Å². The van der Waals surface area contributed by atoms with Gasteiger partial charge in [0.25, 0.3) is 0 Å². The minimum absolute atomic E-state index is 0.139. The number of methoxy groups -OCH3 is 1. The molecule has 0 aliphatic rings. The molecule has 9 heavy (non-hydrogen) atoms. The van der Waals surface area contributed by atoms with Crippen LogP contribution in [0, 0.1) is 0 Å². The summed E-state index contributed by atoms with van der Waals surface area (Å²) in [6, 6.07) is 0. The molecule has 0 aromatic carbocycles. The number of ether oxygens (including phenoxy) is 1. The topological polar surface area (TPSA) is 52.3 Å². The van der Waals surface area contributed by atoms with Crippen molar-refractivity contribution in [1.82, 2.24) is 0 Å². The van der Waals surface area contributed by atoms with Crippen molar-refractivity contribution in [2.45, 2.75) is 13.3 Å². The molecule has 0 saturated heterocycles. The highest BCUT2D eigenvalue weighted by molar-refractivity contribution is 5.51. The van der Waals surface area contributed by atoms with E-state index < -0.39 is 0 Å². The molecule has 0 spiro atoms. The van der Waals surface area contributed by atoms with E-state index in [9.17, 15) is 0 Å². The van der Waals surface area contributed by atoms with Gasteiger partial charge in [-0.3, -0.25) is 0 Å². The monoisotopic (exact) mass is 133 g/mol. The Bertz CT molecular complexity index is 46.3. The summed E-state index contributed by atoms with van der Waals surface area (Å²) in [7, 11) is 1.71. The van der Waals surface area contributed by atoms with Crippen LogP contribution in [0.4, 0.5) is 0 Å². The maximum atomic E-state index is 9.05. The third-order valence-electron chi connectivity index (χ3n) is 0.504. The molecule has 0 aromatic rings. The zero-order valence-corrected chi connectivity index (χ0v) is 6.09. The first kappa shape index (κ1) is 11.4. The van der Waals surface area contributed by atoms with Gasteiger partial charge < -0.3 is 15.3 Å². The number of aldehydes is 1. The fraction of sp³-hybridized carbons (Fsp3) is 0.833. The van der Waals surface area contributed by atoms with Crippen LogP contribution in [0.5, 0.6) is 0 Å². The Morgan fingerprint density at radius 2 is 2.11 bits per heavy atom. The van der Waals surface area contributed by atoms with E-state index in [0.717, 1.165) is 13.0 Å². The van der Waals surface area contributed by atoms with Crippen LogP contribution in [-0.4, -0.2) is 26.5 Å². The second kappa shape index (κ2) is 15.6. The highest BCUT2D eigenvalue weighted by atomic mass is 16.5. The van der Waals surface area contributed by atoms with E-state index in [2.05, 4.69) is 12.7 Å². The summed E-state index contributed by atoms with van der Waals surface area (Å²) in [4.78, 5) is 9.05. The first-order valence-electron chi connectivity index (χ1n) is 2.96. The first-order chi connectivity index (χ1) is 4.33. The van der Waals surface area contributed by atoms with Gasteiger partial charge in [0.1, 0.15) is 6.29 Å². The predicted octanol–water partition coefficient (Wildman–Crippen LogP) is 0.187. The van der Waals surface area contributed by atoms with Crippen LogP contribution in [-0.2, 0) is 9.53 Å². The first-order valence-corrected chi connectivity index (χ1v) is 2.96. The van der Waals surface area contributed by atoms with Crippen LogP contribution >= 0.6 is 0 Å². The molecule has 0 unspecified atom stereocenters. The summed E-state index contributed by atoms with van der Waals surface area (Å²) in [6.07, 6.45) is 1.77. The molecule has 0 rings (SSSR count). The van der Waals surface area contributed by atoms with E-state index in [1.807, 2.05) is 0 Å². The summed E-state index contributed by atoms with van der Waals surface area (Å²) in [5.74, 6) is 0. The van der Waals surface area contributed by atoms with Crippen LogP contribution in [0.3, 0.4) is 0 Å². The average Bonchev–Trinajstić information content (AvgIpc) is 1.91. The van der Waals surface area contributed by atoms with E-state index in [0.29, 0.717) is 6.29 Å². The lowest BCUT2D eigenvalue weighted by molar-refractivity contribution is -0.106. The van der Waals surface area contributed by atoms with Crippen molar-refractivity contribution in [3.8, 4) is 0 Å². The standard InChI is InChI=1S/C4H10O.C2H5NO/c1-3-4-5-2;3-1-2-4/h3-4H2,1-2H3;2H,1,3H2. The Balaban J connectivity index is 0. The summed E-state index contributed by atoms with van der Waals surface area (Å²) >= 11 is 0. The third-order valence-corrected chi connectivity index (χ3v) is 0.504. The maximum Gasteiger partial charge on any atom is 0.133 e. The van der Waals surface area contributed by atoms with Gasteiger partial charge >= 0.3 is 0 Å². The zero-order chi connectivity index (χ0) is 7.54. The molecule has 0 aliphatic carbocycles. The average molecular weight is 133 g/mol. The summed E-state index contributed by atoms with van der Waals surface area (Å²) < 4.78 is 4.69. The predicted molar refractivity (Wildman–Crippen MR) is 37.3 cm³/mol. The molecule has 3 nitrogen and oxygen atoms in total. The third kappa shape index (κ3) is 35.4. The molecule has 0 amide bonds. The van der Waals surface area contributed by atoms with Crippen molar-refractivity contribution in [2.24, 2.45) is 5.73 Å². The normalized spacial score (nSPS) is 7.44. The number of carbonyl (C=O) groups is 1. The van der Waals surface area contributed by atoms with Crippen molar-refractivity contribution in [1.29, 1.82) is 0 Å². The van der Waals surface area contributed by atoms with Gasteiger partial charge in [-0.05, 0) is 6.42 Å². The smallest absolute Gasteiger partial charge is 0.133 e. The van der Waals surface area contributed by atoms with E-state index in [-0.39, 0.29) is 6.54 Å². The molecule has 2 N–H and O–H groups in total. The van der Waals surface area contributed by atoms with Crippen LogP contribution in [0.15, 0.2) is 0 Å². The molecule has 0 heterocycles. The highest BCUT2D eigenvalue weighted by Gasteiger charge is 1.66. The SMILES string of the molecule is CCCOC.NCC=O. The molecule has 0 saturated carbocycles. The van der Waals surface area contributed by atoms with Crippen molar-refractivity contribution >= 4 is 6.29 Å². The largest absolute Gasteiger partial charge is 0.385 e. The molecule has 3 heteroatoms. The quantitative estimate of drug-likeness (QED) is 0.559. The molecule has 56 valence electrons. The van der Waals surface area contributed by atoms with Crippen molar-refractivity contribution in [3.05, 3.63) is 0 Å². The van der Waals surface area contributed by atoms with E-state index >= 15 is 0 Å². The molecule has 0 bridgehead atoms. The van der Waals surface area contributed by atoms with Crippen LogP contribution in [0.1, 0.15) is 13.3 Å². The number of nitrogens with two attached hydrogens (primary N) is 1. The minimum Gasteiger partial charge on any atom is -0.385 e. The molecular formula is C6H15NO2. The second-order valence-corrected chi connectivity index (χ2v) is 1.40. The van der Waals surface area contributed by atoms with Gasteiger partial charge in [-0.15, -0.1) is 0 Å². The number of hydrogen-bond donors (Lipinski definition) is 1. The van der Waals surface area contributed by atoms with Crippen LogP contribution in [0.2, 0.25) is 0 Å². The van der Waals surface area contributed by atoms with Gasteiger partial charge in [-0.2, -0.15) is 0 Å². The Morgan fingerprint density at radius 3 is 2.11 bits per heavy atom. The lowest BCUT2D eigenvalue weighted by atomic mass is 10.5. The zero-order valence-electron chi connectivity index (χ0n) is 6.09. The molecule has 0 fully saturated rings. The fourth-order valence-electron chi connectivity index (χ4n) is 0.204. The van der Waals surface area contributed by atoms with Gasteiger partial charge in [0.15, 0.2) is 0 Å². The Morgan fingerprint density at radius 1 is 1.67 bits per heavy atom. The van der Waals surface area contributed by atoms with Crippen LogP contribution in [0.25, 0.3) is 0 Å². The number of hydrogen-bond acceptors (Lipinski definition) is 3. The number of carbonyl (C=O) groups excluding carboxylic acids is 1. The van der Waals surface area contributed by atoms with Gasteiger partial charge in [-0.1, -0.05) is 6.92 Å². The van der Waals surface area contributed by atoms with Gasteiger partial charge in [-0.25, -0.2) is 0 Å². The summed E-state index contributed by atoms with van der Waals surface area (Å²) in [5, 5.41) is 0. The Labute approximate surface area is 56.2 Å². The van der Waals surface area contributed by atoms with Gasteiger partial charge in [0.2, 0.25) is 0 Å². The Kier molecular flexibility index (Phi) is 19.8. The molecule has 0 aliphatic heterocycles. The lowest BCUT2D eigenvalue weighted by Crippen LogP contribution is -1.97. The van der Waals surface area contributed by atoms with E-state index in [4.69, 9.17) is 9.53 Å². The summed E-state index contributed by atoms with van der Waals surface area (Å²) in [6.45, 7) is 3.11. The maximum absolute atomic E-state index is 9.05. The van der Waals surface area contributed by atoms with Gasteiger partial charge in [0, 0.05) is 20.3 Å². The van der Waals surface area contributed by atoms with E-state index in [1.165, 1.54) is 0 Å². The molecular weight excluding hydrogens is 118 g/mol. The molecule has 0 atom stereocenters. The minimum atomic E-state index is 0.139.